The van der Waals surface area contributed by atoms with Crippen LogP contribution in [0, 0.1) is 5.92 Å². The number of rotatable bonds is 5. The molecule has 168 valence electrons. The molecule has 0 bridgehead atoms. The lowest BCUT2D eigenvalue weighted by molar-refractivity contribution is -0.134. The average molecular weight is 437 g/mol. The van der Waals surface area contributed by atoms with Gasteiger partial charge in [-0.15, -0.1) is 0 Å². The third kappa shape index (κ3) is 4.33. The maximum absolute atomic E-state index is 13.3. The van der Waals surface area contributed by atoms with Gasteiger partial charge in [0.15, 0.2) is 0 Å². The molecule has 0 unspecified atom stereocenters. The fourth-order valence-corrected chi connectivity index (χ4v) is 4.57. The van der Waals surface area contributed by atoms with E-state index in [1.807, 2.05) is 67.6 Å². The third-order valence-corrected chi connectivity index (χ3v) is 6.34. The van der Waals surface area contributed by atoms with Crippen LogP contribution in [-0.4, -0.2) is 46.5 Å². The van der Waals surface area contributed by atoms with Crippen molar-refractivity contribution in [3.05, 3.63) is 71.8 Å². The van der Waals surface area contributed by atoms with Crippen LogP contribution in [0.2, 0.25) is 0 Å². The van der Waals surface area contributed by atoms with Crippen molar-refractivity contribution in [2.75, 3.05) is 6.54 Å². The van der Waals surface area contributed by atoms with E-state index in [1.54, 1.807) is 11.8 Å². The monoisotopic (exact) mass is 436 g/mol. The topological polar surface area (TPSA) is 76.2 Å². The molecule has 0 spiro atoms. The summed E-state index contributed by atoms with van der Waals surface area (Å²) in [6.45, 7) is 4.29. The molecule has 32 heavy (non-hydrogen) atoms. The predicted octanol–water partition coefficient (Wildman–Crippen LogP) is 4.53. The summed E-state index contributed by atoms with van der Waals surface area (Å²) in [5.74, 6) is -0.875. The Hall–Kier alpha value is -3.35. The van der Waals surface area contributed by atoms with Crippen LogP contribution < -0.4 is 0 Å². The van der Waals surface area contributed by atoms with Crippen LogP contribution in [0.1, 0.15) is 43.9 Å². The van der Waals surface area contributed by atoms with Crippen LogP contribution in [0.5, 0.6) is 0 Å². The van der Waals surface area contributed by atoms with E-state index in [9.17, 15) is 14.4 Å². The molecule has 2 aromatic rings. The summed E-state index contributed by atoms with van der Waals surface area (Å²) < 4.78 is 11.0. The van der Waals surface area contributed by atoms with Crippen molar-refractivity contribution < 1.29 is 23.9 Å². The molecule has 4 rings (SSSR count). The summed E-state index contributed by atoms with van der Waals surface area (Å²) in [7, 11) is 0. The van der Waals surface area contributed by atoms with Gasteiger partial charge in [0.25, 0.3) is 0 Å². The van der Waals surface area contributed by atoms with Gasteiger partial charge in [-0.1, -0.05) is 67.6 Å². The van der Waals surface area contributed by atoms with Crippen molar-refractivity contribution in [1.29, 1.82) is 0 Å². The zero-order chi connectivity index (χ0) is 22.7. The molecule has 2 aliphatic rings. The molecule has 2 aliphatic heterocycles. The molecule has 2 aromatic carbocycles. The summed E-state index contributed by atoms with van der Waals surface area (Å²) in [6.07, 6.45) is -0.104. The number of hydrogen-bond donors (Lipinski definition) is 0. The lowest BCUT2D eigenvalue weighted by Crippen LogP contribution is -2.48. The minimum atomic E-state index is -0.639. The Kier molecular flexibility index (Phi) is 6.44. The molecule has 2 heterocycles. The predicted molar refractivity (Wildman–Crippen MR) is 117 cm³/mol. The number of benzene rings is 2. The number of likely N-dealkylation sites (tertiary alicyclic amines) is 1. The number of imide groups is 1. The smallest absolute Gasteiger partial charge is 0.417 e. The quantitative estimate of drug-likeness (QED) is 0.688. The Balaban J connectivity index is 1.42. The highest BCUT2D eigenvalue weighted by Gasteiger charge is 2.47. The van der Waals surface area contributed by atoms with Crippen molar-refractivity contribution in [1.82, 2.24) is 9.80 Å². The Labute approximate surface area is 187 Å². The minimum Gasteiger partial charge on any atom is -0.445 e. The van der Waals surface area contributed by atoms with E-state index in [0.29, 0.717) is 13.0 Å². The highest BCUT2D eigenvalue weighted by Crippen LogP contribution is 2.35. The Morgan fingerprint density at radius 3 is 2.44 bits per heavy atom. The van der Waals surface area contributed by atoms with Crippen molar-refractivity contribution in [3.8, 4) is 0 Å². The molecule has 0 saturated carbocycles. The van der Waals surface area contributed by atoms with E-state index >= 15 is 0 Å². The van der Waals surface area contributed by atoms with Gasteiger partial charge < -0.3 is 14.4 Å². The molecule has 0 aliphatic carbocycles. The van der Waals surface area contributed by atoms with E-state index in [1.165, 1.54) is 4.90 Å². The molecule has 4 atom stereocenters. The van der Waals surface area contributed by atoms with Gasteiger partial charge in [-0.2, -0.15) is 0 Å². The van der Waals surface area contributed by atoms with Crippen LogP contribution in [-0.2, 0) is 20.9 Å². The minimum absolute atomic E-state index is 0.180. The normalized spacial score (nSPS) is 23.7. The first-order valence-electron chi connectivity index (χ1n) is 11.0. The molecular weight excluding hydrogens is 408 g/mol. The molecule has 0 radical (unpaired) electrons. The molecule has 3 amide bonds. The highest BCUT2D eigenvalue weighted by molar-refractivity contribution is 5.95. The van der Waals surface area contributed by atoms with Gasteiger partial charge in [0.1, 0.15) is 12.7 Å². The van der Waals surface area contributed by atoms with Crippen molar-refractivity contribution >= 4 is 18.1 Å². The number of ether oxygens (including phenoxy) is 2. The van der Waals surface area contributed by atoms with Crippen molar-refractivity contribution in [3.63, 3.8) is 0 Å². The molecule has 0 N–H and O–H groups in total. The third-order valence-electron chi connectivity index (χ3n) is 6.34. The first-order chi connectivity index (χ1) is 15.5. The van der Waals surface area contributed by atoms with Gasteiger partial charge in [-0.3, -0.25) is 4.79 Å². The number of cyclic esters (lactones) is 1. The van der Waals surface area contributed by atoms with Gasteiger partial charge in [0.2, 0.25) is 5.91 Å². The van der Waals surface area contributed by atoms with Crippen molar-refractivity contribution in [2.24, 2.45) is 5.92 Å². The van der Waals surface area contributed by atoms with Gasteiger partial charge in [0, 0.05) is 12.6 Å². The van der Waals surface area contributed by atoms with Gasteiger partial charge in [-0.25, -0.2) is 14.5 Å². The van der Waals surface area contributed by atoms with Crippen LogP contribution in [0.25, 0.3) is 0 Å². The summed E-state index contributed by atoms with van der Waals surface area (Å²) in [4.78, 5) is 41.5. The summed E-state index contributed by atoms with van der Waals surface area (Å²) in [6, 6.07) is 18.1. The maximum atomic E-state index is 13.3. The second kappa shape index (κ2) is 9.42. The van der Waals surface area contributed by atoms with E-state index in [-0.39, 0.29) is 18.6 Å². The number of carbonyl (C=O) groups excluding carboxylic acids is 3. The van der Waals surface area contributed by atoms with E-state index in [4.69, 9.17) is 9.47 Å². The first kappa shape index (κ1) is 21.9. The van der Waals surface area contributed by atoms with Crippen LogP contribution in [0.4, 0.5) is 9.59 Å². The number of nitrogens with zero attached hydrogens (tertiary/aromatic N) is 2. The van der Waals surface area contributed by atoms with Crippen molar-refractivity contribution in [2.45, 2.75) is 51.5 Å². The second-order valence-corrected chi connectivity index (χ2v) is 8.40. The molecule has 0 aromatic heterocycles. The van der Waals surface area contributed by atoms with Crippen LogP contribution in [0.15, 0.2) is 60.7 Å². The molecule has 7 heteroatoms. The molecule has 7 nitrogen and oxygen atoms in total. The standard InChI is InChI=1S/C25H28N2O5/c1-17(21-14-9-15-26(21)24(29)31-16-19-10-5-3-6-11-19)23(28)27-18(2)22(32-25(27)30)20-12-7-4-8-13-20/h3-8,10-13,17-18,21-22H,9,14-16H2,1-2H3/t17-,18+,21-,22+/m0/s1. The molecule has 2 fully saturated rings. The summed E-state index contributed by atoms with van der Waals surface area (Å²) in [5, 5.41) is 0. The summed E-state index contributed by atoms with van der Waals surface area (Å²) >= 11 is 0. The molecular formula is C25H28N2O5. The summed E-state index contributed by atoms with van der Waals surface area (Å²) in [5.41, 5.74) is 1.75. The largest absolute Gasteiger partial charge is 0.445 e. The lowest BCUT2D eigenvalue weighted by Gasteiger charge is -2.30. The Morgan fingerprint density at radius 1 is 1.09 bits per heavy atom. The van der Waals surface area contributed by atoms with Gasteiger partial charge in [0.05, 0.1) is 12.0 Å². The zero-order valence-electron chi connectivity index (χ0n) is 18.3. The Bertz CT molecular complexity index is 965. The second-order valence-electron chi connectivity index (χ2n) is 8.40. The van der Waals surface area contributed by atoms with E-state index in [2.05, 4.69) is 0 Å². The highest BCUT2D eigenvalue weighted by atomic mass is 16.6. The van der Waals surface area contributed by atoms with E-state index < -0.39 is 30.3 Å². The fraction of sp³-hybridized carbons (Fsp3) is 0.400. The fourth-order valence-electron chi connectivity index (χ4n) is 4.57. The van der Waals surface area contributed by atoms with Gasteiger partial charge in [-0.05, 0) is 30.9 Å². The number of carbonyl (C=O) groups is 3. The van der Waals surface area contributed by atoms with Crippen LogP contribution in [0.3, 0.4) is 0 Å². The number of hydrogen-bond acceptors (Lipinski definition) is 5. The first-order valence-corrected chi connectivity index (χ1v) is 11.0. The zero-order valence-corrected chi connectivity index (χ0v) is 18.3. The number of amides is 3. The van der Waals surface area contributed by atoms with E-state index in [0.717, 1.165) is 17.5 Å². The lowest BCUT2D eigenvalue weighted by atomic mass is 9.96. The molecule has 2 saturated heterocycles. The Morgan fingerprint density at radius 2 is 1.75 bits per heavy atom. The average Bonchev–Trinajstić information content (AvgIpc) is 3.42. The maximum Gasteiger partial charge on any atom is 0.417 e. The SMILES string of the molecule is C[C@H](C(=O)N1C(=O)O[C@@H](c2ccccc2)[C@H]1C)[C@@H]1CCCN1C(=O)OCc1ccccc1. The van der Waals surface area contributed by atoms with Gasteiger partial charge >= 0.3 is 12.2 Å². The van der Waals surface area contributed by atoms with Crippen LogP contribution >= 0.6 is 0 Å².